The minimum atomic E-state index is -0.243. The number of nitrogens with zero attached hydrogens (tertiary/aromatic N) is 4. The molecule has 34 heavy (non-hydrogen) atoms. The van der Waals surface area contributed by atoms with E-state index in [2.05, 4.69) is 27.9 Å². The summed E-state index contributed by atoms with van der Waals surface area (Å²) in [6.07, 6.45) is 9.10. The van der Waals surface area contributed by atoms with Gasteiger partial charge in [-0.05, 0) is 47.8 Å². The molecule has 2 heterocycles. The van der Waals surface area contributed by atoms with Crippen LogP contribution in [0.25, 0.3) is 10.9 Å². The van der Waals surface area contributed by atoms with E-state index in [-0.39, 0.29) is 35.5 Å². The summed E-state index contributed by atoms with van der Waals surface area (Å²) in [4.78, 5) is 26.5. The fraction of sp³-hybridized carbons (Fsp3) is 0.286. The van der Waals surface area contributed by atoms with Crippen molar-refractivity contribution in [3.05, 3.63) is 83.6 Å². The number of hydrogen-bond acceptors (Lipinski definition) is 4. The van der Waals surface area contributed by atoms with Gasteiger partial charge < -0.3 is 4.57 Å². The van der Waals surface area contributed by atoms with Crippen molar-refractivity contribution in [1.82, 2.24) is 9.58 Å². The Morgan fingerprint density at radius 2 is 1.65 bits per heavy atom. The predicted octanol–water partition coefficient (Wildman–Crippen LogP) is 3.95. The molecule has 0 radical (unpaired) electrons. The molecule has 0 spiro atoms. The number of hydrazone groups is 1. The van der Waals surface area contributed by atoms with E-state index in [9.17, 15) is 14.9 Å². The highest BCUT2D eigenvalue weighted by molar-refractivity contribution is 6.07. The summed E-state index contributed by atoms with van der Waals surface area (Å²) in [5.41, 5.74) is 3.42. The van der Waals surface area contributed by atoms with Crippen LogP contribution < -0.4 is 0 Å². The van der Waals surface area contributed by atoms with Gasteiger partial charge in [-0.25, -0.2) is 0 Å². The van der Waals surface area contributed by atoms with Crippen LogP contribution >= 0.6 is 0 Å². The monoisotopic (exact) mass is 446 g/mol. The van der Waals surface area contributed by atoms with E-state index in [1.165, 1.54) is 0 Å². The van der Waals surface area contributed by atoms with E-state index < -0.39 is 0 Å². The topological polar surface area (TPSA) is 78.5 Å². The number of imide groups is 1. The minimum absolute atomic E-state index is 0.150. The molecule has 3 fully saturated rings. The highest BCUT2D eigenvalue weighted by Crippen LogP contribution is 2.65. The van der Waals surface area contributed by atoms with Crippen molar-refractivity contribution in [2.24, 2.45) is 40.6 Å². The zero-order valence-corrected chi connectivity index (χ0v) is 18.4. The third kappa shape index (κ3) is 2.64. The molecule has 166 valence electrons. The molecule has 1 aromatic heterocycles. The second kappa shape index (κ2) is 7.01. The third-order valence-corrected chi connectivity index (χ3v) is 8.25. The first-order valence-corrected chi connectivity index (χ1v) is 11.8. The van der Waals surface area contributed by atoms with Crippen molar-refractivity contribution in [2.75, 3.05) is 0 Å². The Morgan fingerprint density at radius 1 is 0.971 bits per heavy atom. The van der Waals surface area contributed by atoms with Crippen LogP contribution in [0.3, 0.4) is 0 Å². The zero-order chi connectivity index (χ0) is 23.0. The number of nitriles is 1. The van der Waals surface area contributed by atoms with Gasteiger partial charge in [0.2, 0.25) is 0 Å². The molecule has 6 nitrogen and oxygen atoms in total. The lowest BCUT2D eigenvalue weighted by atomic mass is 9.63. The lowest BCUT2D eigenvalue weighted by Gasteiger charge is -2.37. The normalized spacial score (nSPS) is 30.7. The van der Waals surface area contributed by atoms with E-state index in [0.29, 0.717) is 23.9 Å². The van der Waals surface area contributed by atoms with Crippen molar-refractivity contribution in [1.29, 1.82) is 5.26 Å². The van der Waals surface area contributed by atoms with Gasteiger partial charge in [0, 0.05) is 29.2 Å². The summed E-state index contributed by atoms with van der Waals surface area (Å²) < 4.78 is 2.08. The van der Waals surface area contributed by atoms with Crippen LogP contribution in [0, 0.1) is 46.8 Å². The van der Waals surface area contributed by atoms with E-state index in [0.717, 1.165) is 33.5 Å². The molecule has 1 saturated heterocycles. The van der Waals surface area contributed by atoms with E-state index in [4.69, 9.17) is 0 Å². The Bertz CT molecular complexity index is 1440. The zero-order valence-electron chi connectivity index (χ0n) is 18.4. The SMILES string of the molecule is N#Cc1ccccc1Cn1cc(/C=N\N2C(=O)[C@@H]3[C@@H]4C=C[C@H]([C@H]5C[C@H]45)[C@@H]3C2=O)c2ccccc21. The number of benzene rings is 2. The fourth-order valence-corrected chi connectivity index (χ4v) is 6.63. The van der Waals surface area contributed by atoms with Crippen molar-refractivity contribution in [3.8, 4) is 6.07 Å². The molecule has 4 aliphatic carbocycles. The van der Waals surface area contributed by atoms with Crippen LogP contribution in [0.2, 0.25) is 0 Å². The first kappa shape index (κ1) is 19.5. The second-order valence-corrected chi connectivity index (χ2v) is 9.89. The number of para-hydroxylation sites is 1. The highest BCUT2D eigenvalue weighted by atomic mass is 16.2. The summed E-state index contributed by atoms with van der Waals surface area (Å²) in [5.74, 6) is 0.750. The predicted molar refractivity (Wildman–Crippen MR) is 126 cm³/mol. The quantitative estimate of drug-likeness (QED) is 0.346. The van der Waals surface area contributed by atoms with Gasteiger partial charge >= 0.3 is 0 Å². The number of carbonyl (C=O) groups is 2. The molecule has 0 N–H and O–H groups in total. The van der Waals surface area contributed by atoms with Gasteiger partial charge in [-0.1, -0.05) is 48.6 Å². The average molecular weight is 447 g/mol. The molecular weight excluding hydrogens is 424 g/mol. The van der Waals surface area contributed by atoms with Gasteiger partial charge in [0.05, 0.1) is 29.7 Å². The Labute approximate surface area is 196 Å². The van der Waals surface area contributed by atoms with Crippen molar-refractivity contribution >= 4 is 28.9 Å². The lowest BCUT2D eigenvalue weighted by molar-refractivity contribution is -0.140. The van der Waals surface area contributed by atoms with Gasteiger partial charge in [0.1, 0.15) is 0 Å². The smallest absolute Gasteiger partial charge is 0.254 e. The molecule has 2 aromatic carbocycles. The lowest BCUT2D eigenvalue weighted by Crippen LogP contribution is -2.40. The molecule has 6 heteroatoms. The van der Waals surface area contributed by atoms with E-state index in [1.807, 2.05) is 54.7 Å². The largest absolute Gasteiger partial charge is 0.342 e. The van der Waals surface area contributed by atoms with E-state index >= 15 is 0 Å². The molecule has 5 aliphatic rings. The van der Waals surface area contributed by atoms with Crippen molar-refractivity contribution < 1.29 is 9.59 Å². The van der Waals surface area contributed by atoms with Crippen molar-refractivity contribution in [3.63, 3.8) is 0 Å². The average Bonchev–Trinajstić information content (AvgIpc) is 3.58. The Hall–Kier alpha value is -3.98. The summed E-state index contributed by atoms with van der Waals surface area (Å²) in [5, 5.41) is 16.0. The third-order valence-electron chi connectivity index (χ3n) is 8.25. The first-order valence-electron chi connectivity index (χ1n) is 11.8. The molecule has 8 rings (SSSR count). The second-order valence-electron chi connectivity index (χ2n) is 9.89. The standard InChI is InChI=1S/C28H22N4O2/c29-12-16-5-1-2-6-17(16)14-31-15-18(19-7-3-4-8-24(19)31)13-30-32-27(33)25-20-9-10-21(23-11-22(20)23)26(25)28(32)34/h1-10,13,15,20-23,25-26H,11,14H2/b30-13-/t20-,21-,22-,23-,25-,26+/m1/s1. The number of hydrogen-bond donors (Lipinski definition) is 0. The van der Waals surface area contributed by atoms with Crippen LogP contribution in [-0.4, -0.2) is 27.6 Å². The van der Waals surface area contributed by atoms with Crippen LogP contribution in [0.5, 0.6) is 0 Å². The van der Waals surface area contributed by atoms with Crippen LogP contribution in [0.15, 0.2) is 72.0 Å². The summed E-state index contributed by atoms with van der Waals surface area (Å²) in [7, 11) is 0. The van der Waals surface area contributed by atoms with Crippen LogP contribution in [0.4, 0.5) is 0 Å². The summed E-state index contributed by atoms with van der Waals surface area (Å²) in [6.45, 7) is 0.543. The number of fused-ring (bicyclic) bond motifs is 1. The molecule has 2 amide bonds. The summed E-state index contributed by atoms with van der Waals surface area (Å²) >= 11 is 0. The first-order chi connectivity index (χ1) is 16.7. The molecule has 6 atom stereocenters. The molecule has 1 aliphatic heterocycles. The van der Waals surface area contributed by atoms with Gasteiger partial charge in [-0.15, -0.1) is 0 Å². The summed E-state index contributed by atoms with van der Waals surface area (Å²) in [6, 6.07) is 17.8. The fourth-order valence-electron chi connectivity index (χ4n) is 6.63. The minimum Gasteiger partial charge on any atom is -0.342 e. The van der Waals surface area contributed by atoms with Gasteiger partial charge in [-0.2, -0.15) is 15.4 Å². The van der Waals surface area contributed by atoms with Crippen LogP contribution in [0.1, 0.15) is 23.1 Å². The highest BCUT2D eigenvalue weighted by Gasteiger charge is 2.67. The van der Waals surface area contributed by atoms with E-state index in [1.54, 1.807) is 6.21 Å². The number of amides is 2. The Balaban J connectivity index is 1.22. The Morgan fingerprint density at radius 3 is 2.38 bits per heavy atom. The number of rotatable bonds is 4. The maximum atomic E-state index is 13.2. The molecule has 3 aromatic rings. The van der Waals surface area contributed by atoms with Gasteiger partial charge in [0.15, 0.2) is 0 Å². The van der Waals surface area contributed by atoms with Gasteiger partial charge in [0.25, 0.3) is 11.8 Å². The molecular formula is C28H22N4O2. The van der Waals surface area contributed by atoms with Gasteiger partial charge in [-0.3, -0.25) is 9.59 Å². The molecule has 2 saturated carbocycles. The maximum absolute atomic E-state index is 13.2. The maximum Gasteiger partial charge on any atom is 0.254 e. The Kier molecular flexibility index (Phi) is 4.02. The molecule has 2 bridgehead atoms. The van der Waals surface area contributed by atoms with Crippen LogP contribution in [-0.2, 0) is 16.1 Å². The number of allylic oxidation sites excluding steroid dienone is 2. The number of aromatic nitrogens is 1. The number of carbonyl (C=O) groups excluding carboxylic acids is 2. The van der Waals surface area contributed by atoms with Crippen molar-refractivity contribution in [2.45, 2.75) is 13.0 Å². The molecule has 0 unspecified atom stereocenters.